The van der Waals surface area contributed by atoms with E-state index < -0.39 is 0 Å². The van der Waals surface area contributed by atoms with E-state index in [0.29, 0.717) is 6.04 Å². The van der Waals surface area contributed by atoms with Gasteiger partial charge in [-0.1, -0.05) is 0 Å². The highest BCUT2D eigenvalue weighted by Crippen LogP contribution is 2.29. The van der Waals surface area contributed by atoms with Crippen LogP contribution in [-0.4, -0.2) is 29.1 Å². The molecule has 1 aliphatic rings. The lowest BCUT2D eigenvalue weighted by atomic mass is 10.1. The number of halogens is 1. The fourth-order valence-corrected chi connectivity index (χ4v) is 3.10. The molecule has 6 heteroatoms. The van der Waals surface area contributed by atoms with E-state index in [9.17, 15) is 0 Å². The van der Waals surface area contributed by atoms with Crippen LogP contribution < -0.4 is 10.6 Å². The summed E-state index contributed by atoms with van der Waals surface area (Å²) in [5, 5.41) is 3.26. The summed E-state index contributed by atoms with van der Waals surface area (Å²) in [6.45, 7) is 3.96. The summed E-state index contributed by atoms with van der Waals surface area (Å²) < 4.78 is 0. The SMILES string of the molecule is Cc1nc(N2CCC(N)CC2)c2ccsc2n1.Cl. The van der Waals surface area contributed by atoms with E-state index >= 15 is 0 Å². The predicted octanol–water partition coefficient (Wildman–Crippen LogP) is 2.35. The average molecular weight is 285 g/mol. The van der Waals surface area contributed by atoms with Gasteiger partial charge in [0.25, 0.3) is 0 Å². The third-order valence-corrected chi connectivity index (χ3v) is 4.06. The van der Waals surface area contributed by atoms with Crippen molar-refractivity contribution in [3.05, 3.63) is 17.3 Å². The van der Waals surface area contributed by atoms with E-state index in [-0.39, 0.29) is 12.4 Å². The van der Waals surface area contributed by atoms with Gasteiger partial charge in [-0.3, -0.25) is 0 Å². The van der Waals surface area contributed by atoms with Gasteiger partial charge in [0.2, 0.25) is 0 Å². The minimum absolute atomic E-state index is 0. The van der Waals surface area contributed by atoms with Crippen molar-refractivity contribution in [1.29, 1.82) is 0 Å². The average Bonchev–Trinajstić information content (AvgIpc) is 2.77. The Balaban J connectivity index is 0.00000120. The Labute approximate surface area is 117 Å². The van der Waals surface area contributed by atoms with Gasteiger partial charge in [-0.05, 0) is 31.2 Å². The number of fused-ring (bicyclic) bond motifs is 1. The first-order valence-electron chi connectivity index (χ1n) is 5.96. The lowest BCUT2D eigenvalue weighted by molar-refractivity contribution is 0.499. The summed E-state index contributed by atoms with van der Waals surface area (Å²) in [6.07, 6.45) is 2.10. The monoisotopic (exact) mass is 284 g/mol. The zero-order valence-electron chi connectivity index (χ0n) is 10.3. The van der Waals surface area contributed by atoms with Crippen LogP contribution in [0.2, 0.25) is 0 Å². The lowest BCUT2D eigenvalue weighted by Gasteiger charge is -2.31. The first kappa shape index (κ1) is 13.5. The van der Waals surface area contributed by atoms with Crippen molar-refractivity contribution in [2.45, 2.75) is 25.8 Å². The maximum Gasteiger partial charge on any atom is 0.141 e. The van der Waals surface area contributed by atoms with Crippen molar-refractivity contribution < 1.29 is 0 Å². The van der Waals surface area contributed by atoms with Crippen LogP contribution in [0.5, 0.6) is 0 Å². The predicted molar refractivity (Wildman–Crippen MR) is 78.8 cm³/mol. The molecular formula is C12H17ClN4S. The smallest absolute Gasteiger partial charge is 0.141 e. The number of hydrogen-bond donors (Lipinski definition) is 1. The Kier molecular flexibility index (Phi) is 4.04. The van der Waals surface area contributed by atoms with Gasteiger partial charge in [0, 0.05) is 19.1 Å². The van der Waals surface area contributed by atoms with Gasteiger partial charge in [-0.15, -0.1) is 23.7 Å². The number of rotatable bonds is 1. The van der Waals surface area contributed by atoms with Crippen LogP contribution in [-0.2, 0) is 0 Å². The van der Waals surface area contributed by atoms with Crippen molar-refractivity contribution in [1.82, 2.24) is 9.97 Å². The molecule has 0 aliphatic carbocycles. The molecule has 0 unspecified atom stereocenters. The van der Waals surface area contributed by atoms with Gasteiger partial charge >= 0.3 is 0 Å². The molecule has 0 bridgehead atoms. The molecule has 0 aromatic carbocycles. The Bertz CT molecular complexity index is 534. The van der Waals surface area contributed by atoms with Gasteiger partial charge in [-0.2, -0.15) is 0 Å². The van der Waals surface area contributed by atoms with Gasteiger partial charge in [-0.25, -0.2) is 9.97 Å². The molecule has 3 rings (SSSR count). The van der Waals surface area contributed by atoms with E-state index in [1.165, 1.54) is 5.39 Å². The van der Waals surface area contributed by atoms with Gasteiger partial charge < -0.3 is 10.6 Å². The summed E-state index contributed by atoms with van der Waals surface area (Å²) in [5.41, 5.74) is 5.94. The Hall–Kier alpha value is -0.910. The second kappa shape index (κ2) is 5.38. The first-order chi connectivity index (χ1) is 8.24. The third kappa shape index (κ3) is 2.43. The topological polar surface area (TPSA) is 55.0 Å². The van der Waals surface area contributed by atoms with Gasteiger partial charge in [0.05, 0.1) is 5.39 Å². The zero-order valence-corrected chi connectivity index (χ0v) is 11.9. The number of thiophene rings is 1. The summed E-state index contributed by atoms with van der Waals surface area (Å²) in [7, 11) is 0. The quantitative estimate of drug-likeness (QED) is 0.873. The molecule has 1 fully saturated rings. The summed E-state index contributed by atoms with van der Waals surface area (Å²) in [4.78, 5) is 12.5. The molecule has 98 valence electrons. The zero-order chi connectivity index (χ0) is 11.8. The molecule has 0 amide bonds. The van der Waals surface area contributed by atoms with E-state index in [2.05, 4.69) is 26.3 Å². The van der Waals surface area contributed by atoms with Crippen molar-refractivity contribution in [2.24, 2.45) is 5.73 Å². The molecule has 1 saturated heterocycles. The molecule has 4 nitrogen and oxygen atoms in total. The molecule has 2 aromatic rings. The van der Waals surface area contributed by atoms with E-state index in [0.717, 1.165) is 42.4 Å². The van der Waals surface area contributed by atoms with Crippen molar-refractivity contribution >= 4 is 39.8 Å². The fourth-order valence-electron chi connectivity index (χ4n) is 2.30. The molecule has 2 N–H and O–H groups in total. The van der Waals surface area contributed by atoms with Crippen LogP contribution in [0.25, 0.3) is 10.2 Å². The molecule has 2 aromatic heterocycles. The Morgan fingerprint density at radius 1 is 1.33 bits per heavy atom. The van der Waals surface area contributed by atoms with Crippen LogP contribution in [0, 0.1) is 6.92 Å². The normalized spacial score (nSPS) is 16.9. The van der Waals surface area contributed by atoms with Gasteiger partial charge in [0.1, 0.15) is 16.5 Å². The summed E-state index contributed by atoms with van der Waals surface area (Å²) in [5.74, 6) is 1.94. The van der Waals surface area contributed by atoms with Crippen LogP contribution in [0.3, 0.4) is 0 Å². The maximum absolute atomic E-state index is 5.94. The maximum atomic E-state index is 5.94. The van der Waals surface area contributed by atoms with E-state index in [1.54, 1.807) is 11.3 Å². The van der Waals surface area contributed by atoms with Crippen molar-refractivity contribution in [2.75, 3.05) is 18.0 Å². The number of anilines is 1. The second-order valence-corrected chi connectivity index (χ2v) is 5.45. The molecular weight excluding hydrogens is 268 g/mol. The van der Waals surface area contributed by atoms with Crippen molar-refractivity contribution in [3.8, 4) is 0 Å². The van der Waals surface area contributed by atoms with Crippen LogP contribution in [0.15, 0.2) is 11.4 Å². The number of aryl methyl sites for hydroxylation is 1. The number of piperidine rings is 1. The molecule has 3 heterocycles. The molecule has 0 radical (unpaired) electrons. The minimum Gasteiger partial charge on any atom is -0.356 e. The largest absolute Gasteiger partial charge is 0.356 e. The summed E-state index contributed by atoms with van der Waals surface area (Å²) >= 11 is 1.68. The number of hydrogen-bond acceptors (Lipinski definition) is 5. The molecule has 0 saturated carbocycles. The number of aromatic nitrogens is 2. The highest BCUT2D eigenvalue weighted by molar-refractivity contribution is 7.16. The van der Waals surface area contributed by atoms with Crippen molar-refractivity contribution in [3.63, 3.8) is 0 Å². The molecule has 18 heavy (non-hydrogen) atoms. The van der Waals surface area contributed by atoms with E-state index in [1.807, 2.05) is 6.92 Å². The second-order valence-electron chi connectivity index (χ2n) is 4.56. The number of nitrogens with zero attached hydrogens (tertiary/aromatic N) is 3. The standard InChI is InChI=1S/C12H16N4S.ClH/c1-8-14-11(10-4-7-17-12(10)15-8)16-5-2-9(13)3-6-16;/h4,7,9H,2-3,5-6,13H2,1H3;1H. The fraction of sp³-hybridized carbons (Fsp3) is 0.500. The lowest BCUT2D eigenvalue weighted by Crippen LogP contribution is -2.40. The highest BCUT2D eigenvalue weighted by atomic mass is 35.5. The van der Waals surface area contributed by atoms with Crippen LogP contribution in [0.4, 0.5) is 5.82 Å². The molecule has 0 atom stereocenters. The number of nitrogens with two attached hydrogens (primary N) is 1. The van der Waals surface area contributed by atoms with Crippen LogP contribution in [0.1, 0.15) is 18.7 Å². The summed E-state index contributed by atoms with van der Waals surface area (Å²) in [6, 6.07) is 2.47. The minimum atomic E-state index is 0. The van der Waals surface area contributed by atoms with Gasteiger partial charge in [0.15, 0.2) is 0 Å². The highest BCUT2D eigenvalue weighted by Gasteiger charge is 2.20. The first-order valence-corrected chi connectivity index (χ1v) is 6.84. The Morgan fingerprint density at radius 2 is 2.06 bits per heavy atom. The Morgan fingerprint density at radius 3 is 2.78 bits per heavy atom. The third-order valence-electron chi connectivity index (χ3n) is 3.26. The molecule has 1 aliphatic heterocycles. The van der Waals surface area contributed by atoms with E-state index in [4.69, 9.17) is 5.73 Å². The molecule has 0 spiro atoms. The van der Waals surface area contributed by atoms with Crippen LogP contribution >= 0.6 is 23.7 Å².